The quantitative estimate of drug-likeness (QED) is 0.631. The summed E-state index contributed by atoms with van der Waals surface area (Å²) in [6, 6.07) is 6.35. The number of benzene rings is 1. The highest BCUT2D eigenvalue weighted by Crippen LogP contribution is 2.22. The van der Waals surface area contributed by atoms with Crippen molar-refractivity contribution in [3.8, 4) is 0 Å². The number of nitrogens with zero attached hydrogens (tertiary/aromatic N) is 1. The summed E-state index contributed by atoms with van der Waals surface area (Å²) < 4.78 is 27.6. The van der Waals surface area contributed by atoms with Gasteiger partial charge in [-0.05, 0) is 48.9 Å². The number of rotatable bonds is 11. The zero-order chi connectivity index (χ0) is 18.2. The maximum Gasteiger partial charge on any atom is 0.243 e. The third-order valence-corrected chi connectivity index (χ3v) is 6.69. The van der Waals surface area contributed by atoms with Crippen molar-refractivity contribution in [1.82, 2.24) is 4.31 Å². The Labute approximate surface area is 151 Å². The van der Waals surface area contributed by atoms with E-state index < -0.39 is 10.0 Å². The average Bonchev–Trinajstić information content (AvgIpc) is 2.55. The van der Waals surface area contributed by atoms with Crippen LogP contribution in [0.1, 0.15) is 46.5 Å². The molecule has 1 aromatic carbocycles. The van der Waals surface area contributed by atoms with Gasteiger partial charge in [0.05, 0.1) is 4.90 Å². The van der Waals surface area contributed by atoms with E-state index in [9.17, 15) is 8.42 Å². The van der Waals surface area contributed by atoms with Crippen LogP contribution in [-0.2, 0) is 10.0 Å². The first-order valence-corrected chi connectivity index (χ1v) is 10.5. The molecule has 0 aliphatic rings. The largest absolute Gasteiger partial charge is 0.396 e. The van der Waals surface area contributed by atoms with E-state index in [2.05, 4.69) is 13.8 Å². The summed E-state index contributed by atoms with van der Waals surface area (Å²) >= 11 is 5.88. The third kappa shape index (κ3) is 6.36. The van der Waals surface area contributed by atoms with E-state index in [1.807, 2.05) is 6.92 Å². The van der Waals surface area contributed by atoms with Gasteiger partial charge in [-0.25, -0.2) is 8.42 Å². The molecular formula is C18H30ClNO3S. The molecule has 1 rings (SSSR count). The normalized spacial score (nSPS) is 13.6. The molecule has 4 nitrogen and oxygen atoms in total. The van der Waals surface area contributed by atoms with Gasteiger partial charge in [0.2, 0.25) is 10.0 Å². The molecule has 0 radical (unpaired) electrons. The van der Waals surface area contributed by atoms with Crippen molar-refractivity contribution in [3.63, 3.8) is 0 Å². The van der Waals surface area contributed by atoms with Crippen molar-refractivity contribution < 1.29 is 13.5 Å². The van der Waals surface area contributed by atoms with Crippen LogP contribution in [0.3, 0.4) is 0 Å². The first-order valence-electron chi connectivity index (χ1n) is 8.71. The molecule has 1 aromatic rings. The van der Waals surface area contributed by atoms with Crippen LogP contribution >= 0.6 is 11.6 Å². The summed E-state index contributed by atoms with van der Waals surface area (Å²) in [6.07, 6.45) is 3.35. The van der Waals surface area contributed by atoms with Crippen molar-refractivity contribution in [2.75, 3.05) is 19.7 Å². The lowest BCUT2D eigenvalue weighted by Gasteiger charge is -2.27. The van der Waals surface area contributed by atoms with Crippen LogP contribution < -0.4 is 0 Å². The molecule has 0 aliphatic carbocycles. The fourth-order valence-electron chi connectivity index (χ4n) is 2.63. The number of aliphatic hydroxyl groups is 1. The Morgan fingerprint density at radius 1 is 1.12 bits per heavy atom. The van der Waals surface area contributed by atoms with Crippen LogP contribution in [0, 0.1) is 11.8 Å². The maximum absolute atomic E-state index is 13.0. The number of hydrogen-bond acceptors (Lipinski definition) is 3. The Morgan fingerprint density at radius 3 is 2.21 bits per heavy atom. The van der Waals surface area contributed by atoms with Crippen molar-refractivity contribution >= 4 is 21.6 Å². The van der Waals surface area contributed by atoms with Gasteiger partial charge in [0.25, 0.3) is 0 Å². The number of hydrogen-bond donors (Lipinski definition) is 1. The fraction of sp³-hybridized carbons (Fsp3) is 0.667. The predicted molar refractivity (Wildman–Crippen MR) is 99.8 cm³/mol. The van der Waals surface area contributed by atoms with Crippen LogP contribution in [0.2, 0.25) is 5.02 Å². The van der Waals surface area contributed by atoms with Crippen LogP contribution in [-0.4, -0.2) is 37.5 Å². The molecule has 0 saturated heterocycles. The van der Waals surface area contributed by atoms with E-state index >= 15 is 0 Å². The van der Waals surface area contributed by atoms with Gasteiger partial charge in [0.1, 0.15) is 0 Å². The summed E-state index contributed by atoms with van der Waals surface area (Å²) in [7, 11) is -3.53. The van der Waals surface area contributed by atoms with Crippen molar-refractivity contribution in [2.45, 2.75) is 51.3 Å². The Balaban J connectivity index is 2.98. The third-order valence-electron chi connectivity index (χ3n) is 4.56. The molecule has 6 heteroatoms. The average molecular weight is 376 g/mol. The molecule has 0 fully saturated rings. The van der Waals surface area contributed by atoms with E-state index in [-0.39, 0.29) is 11.5 Å². The van der Waals surface area contributed by atoms with Crippen molar-refractivity contribution in [1.29, 1.82) is 0 Å². The maximum atomic E-state index is 13.0. The van der Waals surface area contributed by atoms with Crippen molar-refractivity contribution in [3.05, 3.63) is 29.3 Å². The molecule has 138 valence electrons. The molecule has 0 spiro atoms. The fourth-order valence-corrected chi connectivity index (χ4v) is 4.29. The van der Waals surface area contributed by atoms with Gasteiger partial charge in [-0.1, -0.05) is 45.2 Å². The van der Waals surface area contributed by atoms with Crippen molar-refractivity contribution in [2.24, 2.45) is 11.8 Å². The second-order valence-electron chi connectivity index (χ2n) is 6.41. The number of halogens is 1. The lowest BCUT2D eigenvalue weighted by Crippen LogP contribution is -2.36. The Kier molecular flexibility index (Phi) is 9.27. The van der Waals surface area contributed by atoms with Gasteiger partial charge in [0.15, 0.2) is 0 Å². The Hall–Kier alpha value is -0.620. The standard InChI is InChI=1S/C18H30ClNO3S/c1-4-16(5-2)14-20(12-10-15(3)11-13-21)24(22,23)18-8-6-17(19)7-9-18/h6-9,15-16,21H,4-5,10-14H2,1-3H3/t15-/m1/s1. The monoisotopic (exact) mass is 375 g/mol. The molecule has 0 heterocycles. The molecular weight excluding hydrogens is 346 g/mol. The molecule has 0 aliphatic heterocycles. The van der Waals surface area contributed by atoms with E-state index in [1.165, 1.54) is 0 Å². The second-order valence-corrected chi connectivity index (χ2v) is 8.78. The Bertz CT molecular complexity index is 570. The molecule has 0 amide bonds. The van der Waals surface area contributed by atoms with Gasteiger partial charge < -0.3 is 5.11 Å². The minimum Gasteiger partial charge on any atom is -0.396 e. The predicted octanol–water partition coefficient (Wildman–Crippen LogP) is 4.18. The zero-order valence-corrected chi connectivity index (χ0v) is 16.5. The lowest BCUT2D eigenvalue weighted by atomic mass is 10.0. The smallest absolute Gasteiger partial charge is 0.243 e. The van der Waals surface area contributed by atoms with E-state index in [0.717, 1.165) is 19.3 Å². The van der Waals surface area contributed by atoms with Gasteiger partial charge in [-0.3, -0.25) is 0 Å². The molecule has 24 heavy (non-hydrogen) atoms. The lowest BCUT2D eigenvalue weighted by molar-refractivity contribution is 0.247. The first kappa shape index (κ1) is 21.4. The summed E-state index contributed by atoms with van der Waals surface area (Å²) in [5.74, 6) is 0.639. The van der Waals surface area contributed by atoms with Gasteiger partial charge in [-0.2, -0.15) is 4.31 Å². The highest BCUT2D eigenvalue weighted by molar-refractivity contribution is 7.89. The van der Waals surface area contributed by atoms with Gasteiger partial charge in [0, 0.05) is 24.7 Å². The van der Waals surface area contributed by atoms with E-state index in [4.69, 9.17) is 16.7 Å². The summed E-state index contributed by atoms with van der Waals surface area (Å²) in [5.41, 5.74) is 0. The molecule has 0 saturated carbocycles. The van der Waals surface area contributed by atoms with E-state index in [1.54, 1.807) is 28.6 Å². The first-order chi connectivity index (χ1) is 11.3. The topological polar surface area (TPSA) is 57.6 Å². The summed E-state index contributed by atoms with van der Waals surface area (Å²) in [6.45, 7) is 7.37. The van der Waals surface area contributed by atoms with E-state index in [0.29, 0.717) is 36.4 Å². The molecule has 0 unspecified atom stereocenters. The van der Waals surface area contributed by atoms with Crippen LogP contribution in [0.25, 0.3) is 0 Å². The second kappa shape index (κ2) is 10.4. The molecule has 1 atom stereocenters. The number of aliphatic hydroxyl groups excluding tert-OH is 1. The highest BCUT2D eigenvalue weighted by Gasteiger charge is 2.26. The SMILES string of the molecule is CCC(CC)CN(CC[C@@H](C)CCO)S(=O)(=O)c1ccc(Cl)cc1. The molecule has 0 aromatic heterocycles. The highest BCUT2D eigenvalue weighted by atomic mass is 35.5. The summed E-state index contributed by atoms with van der Waals surface area (Å²) in [5, 5.41) is 9.57. The van der Waals surface area contributed by atoms with Crippen LogP contribution in [0.15, 0.2) is 29.2 Å². The minimum atomic E-state index is -3.53. The minimum absolute atomic E-state index is 0.137. The summed E-state index contributed by atoms with van der Waals surface area (Å²) in [4.78, 5) is 0.285. The van der Waals surface area contributed by atoms with Gasteiger partial charge >= 0.3 is 0 Å². The Morgan fingerprint density at radius 2 is 1.71 bits per heavy atom. The van der Waals surface area contributed by atoms with Gasteiger partial charge in [-0.15, -0.1) is 0 Å². The van der Waals surface area contributed by atoms with Crippen LogP contribution in [0.5, 0.6) is 0 Å². The molecule has 1 N–H and O–H groups in total. The number of sulfonamides is 1. The molecule has 0 bridgehead atoms. The van der Waals surface area contributed by atoms with Crippen LogP contribution in [0.4, 0.5) is 0 Å². The zero-order valence-electron chi connectivity index (χ0n) is 14.9.